The molecule has 8 heteroatoms. The Morgan fingerprint density at radius 3 is 2.73 bits per heavy atom. The van der Waals surface area contributed by atoms with Crippen LogP contribution in [-0.4, -0.2) is 58.0 Å². The second-order valence-corrected chi connectivity index (χ2v) is 10.1. The van der Waals surface area contributed by atoms with Crippen LogP contribution < -0.4 is 5.56 Å². The van der Waals surface area contributed by atoms with Crippen LogP contribution in [0.1, 0.15) is 62.6 Å². The number of halogens is 1. The number of nitrogens with zero attached hydrogens (tertiary/aromatic N) is 3. The molecule has 2 aromatic carbocycles. The number of amides is 2. The largest absolute Gasteiger partial charge is 0.339 e. The molecule has 3 aromatic rings. The molecule has 0 spiro atoms. The molecule has 37 heavy (non-hydrogen) atoms. The first-order chi connectivity index (χ1) is 17.8. The minimum absolute atomic E-state index is 0.0567. The van der Waals surface area contributed by atoms with Gasteiger partial charge in [0.2, 0.25) is 5.91 Å². The monoisotopic (exact) mass is 502 g/mol. The Kier molecular flexibility index (Phi) is 6.91. The van der Waals surface area contributed by atoms with Crippen LogP contribution in [0.15, 0.2) is 47.3 Å². The normalized spacial score (nSPS) is 17.6. The van der Waals surface area contributed by atoms with Crippen molar-refractivity contribution in [1.29, 1.82) is 0 Å². The summed E-state index contributed by atoms with van der Waals surface area (Å²) in [5.74, 6) is -0.913. The number of fused-ring (bicyclic) bond motifs is 1. The van der Waals surface area contributed by atoms with Crippen LogP contribution in [0.5, 0.6) is 0 Å². The van der Waals surface area contributed by atoms with E-state index in [9.17, 15) is 18.8 Å². The summed E-state index contributed by atoms with van der Waals surface area (Å²) in [4.78, 5) is 41.3. The summed E-state index contributed by atoms with van der Waals surface area (Å²) in [5.41, 5.74) is 5.09. The van der Waals surface area contributed by atoms with Gasteiger partial charge in [-0.2, -0.15) is 5.10 Å². The molecule has 1 aliphatic heterocycles. The average Bonchev–Trinajstić information content (AvgIpc) is 2.91. The van der Waals surface area contributed by atoms with E-state index in [0.29, 0.717) is 48.8 Å². The molecule has 1 saturated heterocycles. The van der Waals surface area contributed by atoms with Crippen molar-refractivity contribution in [1.82, 2.24) is 20.0 Å². The van der Waals surface area contributed by atoms with E-state index in [1.807, 2.05) is 17.9 Å². The lowest BCUT2D eigenvalue weighted by atomic mass is 9.82. The van der Waals surface area contributed by atoms with E-state index in [-0.39, 0.29) is 23.6 Å². The summed E-state index contributed by atoms with van der Waals surface area (Å²) in [6.07, 6.45) is 3.58. The summed E-state index contributed by atoms with van der Waals surface area (Å²) >= 11 is 0. The standard InChI is InChI=1S/C29H31FN4O3/c1-18-19(2)28(36)32-31-26(18)15-20-10-11-25(30)24(14-20)29(37)34-13-12-33(27(35)17-34)16-22-8-5-7-21-6-3-4-9-23(21)22/h3-4,6,9-11,14,22H,5,7-8,12-13,15-17H2,1-2H3,(H,32,36). The molecule has 1 aromatic heterocycles. The Bertz CT molecular complexity index is 1420. The number of H-pyrrole nitrogens is 1. The maximum atomic E-state index is 14.7. The predicted molar refractivity (Wildman–Crippen MR) is 138 cm³/mol. The summed E-state index contributed by atoms with van der Waals surface area (Å²) < 4.78 is 14.7. The number of hydrogen-bond donors (Lipinski definition) is 1. The molecule has 1 N–H and O–H groups in total. The lowest BCUT2D eigenvalue weighted by Gasteiger charge is -2.37. The van der Waals surface area contributed by atoms with E-state index in [1.54, 1.807) is 13.0 Å². The Hall–Kier alpha value is -3.81. The third-order valence-corrected chi connectivity index (χ3v) is 7.80. The van der Waals surface area contributed by atoms with E-state index in [2.05, 4.69) is 28.4 Å². The van der Waals surface area contributed by atoms with Gasteiger partial charge in [-0.15, -0.1) is 0 Å². The van der Waals surface area contributed by atoms with E-state index in [0.717, 1.165) is 24.8 Å². The third kappa shape index (κ3) is 5.05. The molecule has 7 nitrogen and oxygen atoms in total. The zero-order chi connectivity index (χ0) is 26.1. The van der Waals surface area contributed by atoms with Gasteiger partial charge in [0, 0.05) is 37.5 Å². The summed E-state index contributed by atoms with van der Waals surface area (Å²) in [7, 11) is 0. The fourth-order valence-electron chi connectivity index (χ4n) is 5.44. The maximum absolute atomic E-state index is 14.7. The second-order valence-electron chi connectivity index (χ2n) is 10.1. The highest BCUT2D eigenvalue weighted by Crippen LogP contribution is 2.32. The van der Waals surface area contributed by atoms with Gasteiger partial charge in [0.1, 0.15) is 12.4 Å². The van der Waals surface area contributed by atoms with Crippen LogP contribution in [0, 0.1) is 19.7 Å². The predicted octanol–water partition coefficient (Wildman–Crippen LogP) is 3.52. The van der Waals surface area contributed by atoms with Gasteiger partial charge in [0.05, 0.1) is 11.3 Å². The molecule has 1 fully saturated rings. The van der Waals surface area contributed by atoms with E-state index < -0.39 is 11.7 Å². The van der Waals surface area contributed by atoms with Crippen LogP contribution in [0.25, 0.3) is 0 Å². The van der Waals surface area contributed by atoms with Crippen LogP contribution in [-0.2, 0) is 17.6 Å². The minimum atomic E-state index is -0.621. The molecule has 2 aliphatic rings. The highest BCUT2D eigenvalue weighted by Gasteiger charge is 2.31. The first-order valence-electron chi connectivity index (χ1n) is 12.8. The topological polar surface area (TPSA) is 86.4 Å². The number of nitrogens with one attached hydrogen (secondary N) is 1. The molecule has 1 atom stereocenters. The Labute approximate surface area is 215 Å². The van der Waals surface area contributed by atoms with Crippen molar-refractivity contribution < 1.29 is 14.0 Å². The van der Waals surface area contributed by atoms with Gasteiger partial charge in [0.25, 0.3) is 11.5 Å². The van der Waals surface area contributed by atoms with Crippen LogP contribution in [0.2, 0.25) is 0 Å². The molecule has 2 heterocycles. The van der Waals surface area contributed by atoms with Crippen molar-refractivity contribution in [2.24, 2.45) is 0 Å². The number of piperazine rings is 1. The van der Waals surface area contributed by atoms with Gasteiger partial charge >= 0.3 is 0 Å². The van der Waals surface area contributed by atoms with Crippen molar-refractivity contribution in [2.75, 3.05) is 26.2 Å². The molecule has 5 rings (SSSR count). The molecule has 1 unspecified atom stereocenters. The Morgan fingerprint density at radius 1 is 1.11 bits per heavy atom. The Balaban J connectivity index is 1.27. The molecule has 0 saturated carbocycles. The van der Waals surface area contributed by atoms with Crippen LogP contribution >= 0.6 is 0 Å². The van der Waals surface area contributed by atoms with Gasteiger partial charge in [-0.1, -0.05) is 30.3 Å². The highest BCUT2D eigenvalue weighted by molar-refractivity contribution is 5.97. The Morgan fingerprint density at radius 2 is 1.92 bits per heavy atom. The second kappa shape index (κ2) is 10.3. The summed E-state index contributed by atoms with van der Waals surface area (Å²) in [6, 6.07) is 12.8. The number of aryl methyl sites for hydroxylation is 1. The SMILES string of the molecule is Cc1c(Cc2ccc(F)c(C(=O)N3CCN(CC4CCCc5ccccc54)C(=O)C3)c2)n[nH]c(=O)c1C. The molecule has 1 aliphatic carbocycles. The minimum Gasteiger partial charge on any atom is -0.339 e. The zero-order valence-corrected chi connectivity index (χ0v) is 21.2. The van der Waals surface area contributed by atoms with Crippen LogP contribution in [0.4, 0.5) is 4.39 Å². The van der Waals surface area contributed by atoms with Gasteiger partial charge in [-0.05, 0) is 67.5 Å². The van der Waals surface area contributed by atoms with Gasteiger partial charge in [0.15, 0.2) is 0 Å². The van der Waals surface area contributed by atoms with Crippen molar-refractivity contribution in [3.05, 3.63) is 97.7 Å². The molecule has 0 radical (unpaired) electrons. The van der Waals surface area contributed by atoms with Crippen molar-refractivity contribution in [3.8, 4) is 0 Å². The third-order valence-electron chi connectivity index (χ3n) is 7.80. The number of carbonyl (C=O) groups is 2. The lowest BCUT2D eigenvalue weighted by Crippen LogP contribution is -2.53. The molecular weight excluding hydrogens is 471 g/mol. The van der Waals surface area contributed by atoms with Gasteiger partial charge in [-0.25, -0.2) is 9.49 Å². The number of benzene rings is 2. The average molecular weight is 503 g/mol. The molecule has 192 valence electrons. The molecule has 0 bridgehead atoms. The molecular formula is C29H31FN4O3. The first-order valence-corrected chi connectivity index (χ1v) is 12.8. The van der Waals surface area contributed by atoms with E-state index in [1.165, 1.54) is 28.2 Å². The fraction of sp³-hybridized carbons (Fsp3) is 0.379. The fourth-order valence-corrected chi connectivity index (χ4v) is 5.44. The number of hydrogen-bond acceptors (Lipinski definition) is 4. The quantitative estimate of drug-likeness (QED) is 0.579. The van der Waals surface area contributed by atoms with Gasteiger partial charge in [-0.3, -0.25) is 14.4 Å². The van der Waals surface area contributed by atoms with Crippen molar-refractivity contribution in [3.63, 3.8) is 0 Å². The lowest BCUT2D eigenvalue weighted by molar-refractivity contribution is -0.135. The first kappa shape index (κ1) is 24.9. The number of aromatic amines is 1. The van der Waals surface area contributed by atoms with Crippen molar-refractivity contribution in [2.45, 2.75) is 45.4 Å². The summed E-state index contributed by atoms with van der Waals surface area (Å²) in [5, 5.41) is 6.60. The number of rotatable bonds is 5. The van der Waals surface area contributed by atoms with Gasteiger partial charge < -0.3 is 9.80 Å². The number of aromatic nitrogens is 2. The highest BCUT2D eigenvalue weighted by atomic mass is 19.1. The number of carbonyl (C=O) groups excluding carboxylic acids is 2. The van der Waals surface area contributed by atoms with Crippen LogP contribution in [0.3, 0.4) is 0 Å². The smallest absolute Gasteiger partial charge is 0.267 e. The molecule has 2 amide bonds. The van der Waals surface area contributed by atoms with E-state index in [4.69, 9.17) is 0 Å². The van der Waals surface area contributed by atoms with E-state index >= 15 is 0 Å². The zero-order valence-electron chi connectivity index (χ0n) is 21.2. The van der Waals surface area contributed by atoms with Crippen molar-refractivity contribution >= 4 is 11.8 Å². The maximum Gasteiger partial charge on any atom is 0.267 e. The summed E-state index contributed by atoms with van der Waals surface area (Å²) in [6.45, 7) is 4.93.